The fraction of sp³-hybridized carbons (Fsp3) is 0.286. The second kappa shape index (κ2) is 5.03. The lowest BCUT2D eigenvalue weighted by atomic mass is 10.1. The first-order valence-corrected chi connectivity index (χ1v) is 7.20. The molecule has 1 fully saturated rings. The van der Waals surface area contributed by atoms with Gasteiger partial charge >= 0.3 is 0 Å². The zero-order valence-corrected chi connectivity index (χ0v) is 12.2. The Morgan fingerprint density at radius 3 is 2.80 bits per heavy atom. The van der Waals surface area contributed by atoms with E-state index in [9.17, 15) is 9.90 Å². The first-order valence-electron chi connectivity index (χ1n) is 6.41. The number of benzene rings is 1. The summed E-state index contributed by atoms with van der Waals surface area (Å²) in [6.45, 7) is 0. The average Bonchev–Trinajstić information content (AvgIpc) is 3.21. The summed E-state index contributed by atoms with van der Waals surface area (Å²) in [5.74, 6) is 0.431. The standard InChI is InChI=1S/C14H14BrN3O2/c15-9-3-1-2-8(6-9)10-13(19)17-12(18-14(10)20)11(16)7-4-5-7/h1-3,6-7,11H,4-5,16H2,(H2,17,18,19,20). The van der Waals surface area contributed by atoms with Crippen molar-refractivity contribution in [1.29, 1.82) is 0 Å². The summed E-state index contributed by atoms with van der Waals surface area (Å²) in [5.41, 5.74) is 6.40. The van der Waals surface area contributed by atoms with E-state index in [2.05, 4.69) is 25.9 Å². The van der Waals surface area contributed by atoms with Crippen molar-refractivity contribution in [2.75, 3.05) is 0 Å². The number of aromatic hydroxyl groups is 1. The Labute approximate surface area is 124 Å². The maximum atomic E-state index is 12.2. The van der Waals surface area contributed by atoms with E-state index in [4.69, 9.17) is 5.73 Å². The first-order chi connectivity index (χ1) is 9.56. The highest BCUT2D eigenvalue weighted by molar-refractivity contribution is 9.10. The van der Waals surface area contributed by atoms with E-state index in [0.717, 1.165) is 17.3 Å². The van der Waals surface area contributed by atoms with Gasteiger partial charge in [0.25, 0.3) is 5.56 Å². The van der Waals surface area contributed by atoms with Gasteiger partial charge in [0.1, 0.15) is 11.4 Å². The molecule has 0 radical (unpaired) electrons. The number of halogens is 1. The van der Waals surface area contributed by atoms with Gasteiger partial charge in [-0.15, -0.1) is 0 Å². The maximum Gasteiger partial charge on any atom is 0.262 e. The number of nitrogens with zero attached hydrogens (tertiary/aromatic N) is 1. The zero-order chi connectivity index (χ0) is 14.3. The molecule has 6 heteroatoms. The maximum absolute atomic E-state index is 12.2. The minimum Gasteiger partial charge on any atom is -0.493 e. The van der Waals surface area contributed by atoms with Crippen molar-refractivity contribution in [1.82, 2.24) is 9.97 Å². The number of nitrogens with two attached hydrogens (primary N) is 1. The summed E-state index contributed by atoms with van der Waals surface area (Å²) in [6, 6.07) is 6.83. The van der Waals surface area contributed by atoms with Gasteiger partial charge in [0.2, 0.25) is 5.88 Å². The molecule has 20 heavy (non-hydrogen) atoms. The predicted octanol–water partition coefficient (Wildman–Crippen LogP) is 2.31. The lowest BCUT2D eigenvalue weighted by Crippen LogP contribution is -2.22. The smallest absolute Gasteiger partial charge is 0.262 e. The van der Waals surface area contributed by atoms with Crippen LogP contribution >= 0.6 is 15.9 Å². The quantitative estimate of drug-likeness (QED) is 0.802. The van der Waals surface area contributed by atoms with Crippen molar-refractivity contribution in [2.24, 2.45) is 11.7 Å². The van der Waals surface area contributed by atoms with Crippen molar-refractivity contribution < 1.29 is 5.11 Å². The Morgan fingerprint density at radius 2 is 2.20 bits per heavy atom. The van der Waals surface area contributed by atoms with Crippen molar-refractivity contribution in [3.63, 3.8) is 0 Å². The van der Waals surface area contributed by atoms with Crippen LogP contribution in [0.15, 0.2) is 33.5 Å². The summed E-state index contributed by atoms with van der Waals surface area (Å²) in [4.78, 5) is 18.9. The molecular formula is C14H14BrN3O2. The Kier molecular flexibility index (Phi) is 3.35. The van der Waals surface area contributed by atoms with Gasteiger partial charge in [0.15, 0.2) is 0 Å². The van der Waals surface area contributed by atoms with Gasteiger partial charge in [-0.2, -0.15) is 4.98 Å². The molecule has 0 bridgehead atoms. The molecule has 1 atom stereocenters. The number of hydrogen-bond acceptors (Lipinski definition) is 4. The summed E-state index contributed by atoms with van der Waals surface area (Å²) in [5, 5.41) is 10.1. The molecule has 1 aliphatic rings. The second-order valence-corrected chi connectivity index (χ2v) is 5.94. The molecule has 1 aliphatic carbocycles. The fourth-order valence-electron chi connectivity index (χ4n) is 2.22. The highest BCUT2D eigenvalue weighted by Gasteiger charge is 2.31. The zero-order valence-electron chi connectivity index (χ0n) is 10.6. The van der Waals surface area contributed by atoms with Crippen LogP contribution < -0.4 is 11.3 Å². The molecule has 1 aromatic heterocycles. The molecule has 1 aromatic carbocycles. The third-order valence-electron chi connectivity index (χ3n) is 3.48. The molecule has 1 heterocycles. The number of hydrogen-bond donors (Lipinski definition) is 3. The highest BCUT2D eigenvalue weighted by atomic mass is 79.9. The van der Waals surface area contributed by atoms with Crippen molar-refractivity contribution in [3.05, 3.63) is 44.9 Å². The molecular weight excluding hydrogens is 322 g/mol. The van der Waals surface area contributed by atoms with Crippen LogP contribution in [0, 0.1) is 5.92 Å². The Bertz CT molecular complexity index is 710. The van der Waals surface area contributed by atoms with Gasteiger partial charge in [-0.05, 0) is 36.5 Å². The van der Waals surface area contributed by atoms with Crippen LogP contribution in [0.5, 0.6) is 5.88 Å². The molecule has 1 saturated carbocycles. The molecule has 4 N–H and O–H groups in total. The molecule has 0 saturated heterocycles. The molecule has 0 spiro atoms. The largest absolute Gasteiger partial charge is 0.493 e. The molecule has 0 amide bonds. The van der Waals surface area contributed by atoms with E-state index in [-0.39, 0.29) is 23.0 Å². The summed E-state index contributed by atoms with van der Waals surface area (Å²) >= 11 is 3.34. The van der Waals surface area contributed by atoms with Gasteiger partial charge in [-0.3, -0.25) is 4.79 Å². The minimum absolute atomic E-state index is 0.165. The summed E-state index contributed by atoms with van der Waals surface area (Å²) < 4.78 is 0.826. The van der Waals surface area contributed by atoms with Crippen LogP contribution in [-0.2, 0) is 0 Å². The van der Waals surface area contributed by atoms with E-state index in [1.54, 1.807) is 18.2 Å². The molecule has 1 unspecified atom stereocenters. The molecule has 104 valence electrons. The number of nitrogens with one attached hydrogen (secondary N) is 1. The van der Waals surface area contributed by atoms with Gasteiger partial charge in [0, 0.05) is 4.47 Å². The van der Waals surface area contributed by atoms with E-state index in [0.29, 0.717) is 17.3 Å². The highest BCUT2D eigenvalue weighted by Crippen LogP contribution is 2.38. The van der Waals surface area contributed by atoms with Crippen LogP contribution in [0.25, 0.3) is 11.1 Å². The van der Waals surface area contributed by atoms with Gasteiger partial charge < -0.3 is 15.8 Å². The Morgan fingerprint density at radius 1 is 1.45 bits per heavy atom. The fourth-order valence-corrected chi connectivity index (χ4v) is 2.62. The molecule has 5 nitrogen and oxygen atoms in total. The normalized spacial score (nSPS) is 16.1. The second-order valence-electron chi connectivity index (χ2n) is 5.02. The number of aromatic nitrogens is 2. The Hall–Kier alpha value is -1.66. The van der Waals surface area contributed by atoms with E-state index in [1.165, 1.54) is 0 Å². The molecule has 3 rings (SSSR count). The summed E-state index contributed by atoms with van der Waals surface area (Å²) in [7, 11) is 0. The first kappa shape index (κ1) is 13.3. The van der Waals surface area contributed by atoms with Crippen LogP contribution in [0.3, 0.4) is 0 Å². The number of H-pyrrole nitrogens is 1. The van der Waals surface area contributed by atoms with E-state index >= 15 is 0 Å². The van der Waals surface area contributed by atoms with E-state index < -0.39 is 0 Å². The third-order valence-corrected chi connectivity index (χ3v) is 3.97. The van der Waals surface area contributed by atoms with Crippen LogP contribution in [0.1, 0.15) is 24.7 Å². The lowest BCUT2D eigenvalue weighted by molar-refractivity contribution is 0.443. The third kappa shape index (κ3) is 2.48. The van der Waals surface area contributed by atoms with Gasteiger partial charge in [-0.1, -0.05) is 28.1 Å². The minimum atomic E-state index is -0.373. The molecule has 0 aliphatic heterocycles. The number of rotatable bonds is 3. The average molecular weight is 336 g/mol. The van der Waals surface area contributed by atoms with E-state index in [1.807, 2.05) is 6.07 Å². The van der Waals surface area contributed by atoms with Crippen LogP contribution in [-0.4, -0.2) is 15.1 Å². The topological polar surface area (TPSA) is 92.0 Å². The van der Waals surface area contributed by atoms with Gasteiger partial charge in [0.05, 0.1) is 6.04 Å². The van der Waals surface area contributed by atoms with Crippen LogP contribution in [0.2, 0.25) is 0 Å². The molecule has 2 aromatic rings. The monoisotopic (exact) mass is 335 g/mol. The van der Waals surface area contributed by atoms with Crippen molar-refractivity contribution >= 4 is 15.9 Å². The van der Waals surface area contributed by atoms with Crippen molar-refractivity contribution in [2.45, 2.75) is 18.9 Å². The van der Waals surface area contributed by atoms with Gasteiger partial charge in [-0.25, -0.2) is 0 Å². The number of aromatic amines is 1. The lowest BCUT2D eigenvalue weighted by Gasteiger charge is -2.11. The predicted molar refractivity (Wildman–Crippen MR) is 79.3 cm³/mol. The summed E-state index contributed by atoms with van der Waals surface area (Å²) in [6.07, 6.45) is 2.08. The van der Waals surface area contributed by atoms with Crippen molar-refractivity contribution in [3.8, 4) is 17.0 Å². The SMILES string of the molecule is NC(c1nc(O)c(-c2cccc(Br)c2)c(=O)[nH]1)C1CC1. The Balaban J connectivity index is 2.07. The van der Waals surface area contributed by atoms with Crippen LogP contribution in [0.4, 0.5) is 0 Å².